The van der Waals surface area contributed by atoms with Crippen LogP contribution in [0.5, 0.6) is 0 Å². The van der Waals surface area contributed by atoms with Crippen LogP contribution in [-0.4, -0.2) is 10.9 Å². The largest absolute Gasteiger partial charge is 0.362 e. The molecule has 3 N–H and O–H groups in total. The number of hydrogen-bond acceptors (Lipinski definition) is 2. The second-order valence-corrected chi connectivity index (χ2v) is 3.72. The Hall–Kier alpha value is -2.23. The van der Waals surface area contributed by atoms with E-state index in [0.717, 1.165) is 11.4 Å². The molecule has 0 bridgehead atoms. The highest BCUT2D eigenvalue weighted by molar-refractivity contribution is 6.01. The summed E-state index contributed by atoms with van der Waals surface area (Å²) < 4.78 is 0. The van der Waals surface area contributed by atoms with Gasteiger partial charge in [0.15, 0.2) is 0 Å². The van der Waals surface area contributed by atoms with Crippen LogP contribution in [0.25, 0.3) is 0 Å². The second kappa shape index (κ2) is 3.41. The van der Waals surface area contributed by atoms with E-state index in [9.17, 15) is 4.79 Å². The molecule has 4 nitrogen and oxygen atoms in total. The van der Waals surface area contributed by atoms with E-state index >= 15 is 0 Å². The number of benzene rings is 1. The summed E-state index contributed by atoms with van der Waals surface area (Å²) in [5.41, 5.74) is 2.50. The van der Waals surface area contributed by atoms with E-state index < -0.39 is 0 Å². The fraction of sp³-hybridized carbons (Fsp3) is 0.0833. The van der Waals surface area contributed by atoms with Crippen molar-refractivity contribution >= 4 is 11.6 Å². The molecule has 16 heavy (non-hydrogen) atoms. The predicted octanol–water partition coefficient (Wildman–Crippen LogP) is 1.87. The van der Waals surface area contributed by atoms with E-state index in [2.05, 4.69) is 15.6 Å². The number of fused-ring (bicyclic) bond motifs is 1. The lowest BCUT2D eigenvalue weighted by Gasteiger charge is -2.27. The molecule has 1 aromatic heterocycles. The number of hydrogen-bond donors (Lipinski definition) is 3. The molecule has 1 aliphatic heterocycles. The number of nitrogens with one attached hydrogen (secondary N) is 3. The van der Waals surface area contributed by atoms with E-state index in [0.29, 0.717) is 5.56 Å². The third-order valence-corrected chi connectivity index (χ3v) is 2.68. The maximum atomic E-state index is 11.8. The second-order valence-electron chi connectivity index (χ2n) is 3.72. The number of amides is 1. The van der Waals surface area contributed by atoms with Gasteiger partial charge in [0.25, 0.3) is 5.91 Å². The van der Waals surface area contributed by atoms with Gasteiger partial charge in [-0.3, -0.25) is 4.79 Å². The van der Waals surface area contributed by atoms with Gasteiger partial charge in [-0.15, -0.1) is 0 Å². The van der Waals surface area contributed by atoms with Gasteiger partial charge in [0.1, 0.15) is 6.17 Å². The third kappa shape index (κ3) is 1.35. The Kier molecular flexibility index (Phi) is 1.93. The van der Waals surface area contributed by atoms with Gasteiger partial charge in [0.2, 0.25) is 0 Å². The minimum Gasteiger partial charge on any atom is -0.362 e. The molecule has 1 aromatic carbocycles. The van der Waals surface area contributed by atoms with Gasteiger partial charge >= 0.3 is 0 Å². The van der Waals surface area contributed by atoms with Crippen LogP contribution in [0.4, 0.5) is 5.69 Å². The van der Waals surface area contributed by atoms with Gasteiger partial charge in [-0.05, 0) is 24.3 Å². The molecule has 80 valence electrons. The van der Waals surface area contributed by atoms with Crippen LogP contribution in [0.1, 0.15) is 22.2 Å². The van der Waals surface area contributed by atoms with E-state index in [1.165, 1.54) is 0 Å². The molecule has 0 saturated heterocycles. The van der Waals surface area contributed by atoms with Gasteiger partial charge in [0.05, 0.1) is 11.3 Å². The number of aromatic amines is 1. The van der Waals surface area contributed by atoms with Crippen LogP contribution in [0.3, 0.4) is 0 Å². The van der Waals surface area contributed by atoms with Crippen molar-refractivity contribution in [3.63, 3.8) is 0 Å². The molecule has 1 unspecified atom stereocenters. The normalized spacial score (nSPS) is 18.5. The highest BCUT2D eigenvalue weighted by Crippen LogP contribution is 2.25. The molecule has 2 heterocycles. The van der Waals surface area contributed by atoms with Crippen molar-refractivity contribution in [2.24, 2.45) is 0 Å². The Morgan fingerprint density at radius 3 is 2.69 bits per heavy atom. The molecule has 0 aliphatic carbocycles. The van der Waals surface area contributed by atoms with Crippen molar-refractivity contribution in [2.75, 3.05) is 5.32 Å². The molecule has 1 atom stereocenters. The Morgan fingerprint density at radius 2 is 1.88 bits per heavy atom. The third-order valence-electron chi connectivity index (χ3n) is 2.68. The van der Waals surface area contributed by atoms with E-state index in [4.69, 9.17) is 0 Å². The average Bonchev–Trinajstić information content (AvgIpc) is 2.82. The lowest BCUT2D eigenvalue weighted by Crippen LogP contribution is -2.38. The fourth-order valence-corrected chi connectivity index (χ4v) is 1.89. The lowest BCUT2D eigenvalue weighted by molar-refractivity contribution is 0.0935. The van der Waals surface area contributed by atoms with Crippen molar-refractivity contribution in [2.45, 2.75) is 6.17 Å². The average molecular weight is 213 g/mol. The van der Waals surface area contributed by atoms with Crippen LogP contribution in [0.15, 0.2) is 42.6 Å². The molecule has 0 radical (unpaired) electrons. The zero-order valence-corrected chi connectivity index (χ0v) is 8.53. The summed E-state index contributed by atoms with van der Waals surface area (Å²) in [6, 6.07) is 11.3. The number of carbonyl (C=O) groups is 1. The number of H-pyrrole nitrogens is 1. The standard InChI is InChI=1S/C12H11N3O/c16-12-8-4-1-2-5-9(8)14-11(15-12)10-6-3-7-13-10/h1-7,11,13-14H,(H,15,16). The molecule has 0 fully saturated rings. The van der Waals surface area contributed by atoms with E-state index in [-0.39, 0.29) is 12.1 Å². The molecule has 3 rings (SSSR count). The monoisotopic (exact) mass is 213 g/mol. The zero-order chi connectivity index (χ0) is 11.0. The van der Waals surface area contributed by atoms with Crippen LogP contribution in [0.2, 0.25) is 0 Å². The summed E-state index contributed by atoms with van der Waals surface area (Å²) in [6.07, 6.45) is 1.65. The van der Waals surface area contributed by atoms with E-state index in [1.54, 1.807) is 0 Å². The molecular formula is C12H11N3O. The fourth-order valence-electron chi connectivity index (χ4n) is 1.89. The molecule has 0 spiro atoms. The Bertz CT molecular complexity index is 519. The van der Waals surface area contributed by atoms with E-state index in [1.807, 2.05) is 42.6 Å². The quantitative estimate of drug-likeness (QED) is 0.677. The number of carbonyl (C=O) groups excluding carboxylic acids is 1. The molecule has 0 saturated carbocycles. The minimum absolute atomic E-state index is 0.0473. The summed E-state index contributed by atoms with van der Waals surface area (Å²) in [4.78, 5) is 14.9. The summed E-state index contributed by atoms with van der Waals surface area (Å²) in [6.45, 7) is 0. The lowest BCUT2D eigenvalue weighted by atomic mass is 10.1. The first-order chi connectivity index (χ1) is 7.84. The van der Waals surface area contributed by atoms with Crippen LogP contribution < -0.4 is 10.6 Å². The van der Waals surface area contributed by atoms with Gasteiger partial charge < -0.3 is 15.6 Å². The zero-order valence-electron chi connectivity index (χ0n) is 8.53. The summed E-state index contributed by atoms with van der Waals surface area (Å²) in [5, 5.41) is 6.16. The molecule has 2 aromatic rings. The van der Waals surface area contributed by atoms with Crippen molar-refractivity contribution in [3.05, 3.63) is 53.9 Å². The molecule has 1 aliphatic rings. The van der Waals surface area contributed by atoms with Gasteiger partial charge in [-0.2, -0.15) is 0 Å². The predicted molar refractivity (Wildman–Crippen MR) is 61.1 cm³/mol. The van der Waals surface area contributed by atoms with Crippen LogP contribution in [-0.2, 0) is 0 Å². The Morgan fingerprint density at radius 1 is 1.00 bits per heavy atom. The minimum atomic E-state index is -0.183. The number of para-hydroxylation sites is 1. The van der Waals surface area contributed by atoms with Crippen LogP contribution >= 0.6 is 0 Å². The highest BCUT2D eigenvalue weighted by Gasteiger charge is 2.24. The first-order valence-corrected chi connectivity index (χ1v) is 5.14. The first-order valence-electron chi connectivity index (χ1n) is 5.14. The van der Waals surface area contributed by atoms with Crippen molar-refractivity contribution in [1.29, 1.82) is 0 Å². The topological polar surface area (TPSA) is 56.9 Å². The summed E-state index contributed by atoms with van der Waals surface area (Å²) in [7, 11) is 0. The van der Waals surface area contributed by atoms with Gasteiger partial charge in [-0.25, -0.2) is 0 Å². The molecule has 1 amide bonds. The van der Waals surface area contributed by atoms with Gasteiger partial charge in [-0.1, -0.05) is 12.1 Å². The summed E-state index contributed by atoms with van der Waals surface area (Å²) in [5.74, 6) is -0.0473. The van der Waals surface area contributed by atoms with Crippen molar-refractivity contribution in [3.8, 4) is 0 Å². The SMILES string of the molecule is O=C1NC(c2ccc[nH]2)Nc2ccccc21. The van der Waals surface area contributed by atoms with Crippen molar-refractivity contribution < 1.29 is 4.79 Å². The first kappa shape index (κ1) is 9.03. The highest BCUT2D eigenvalue weighted by atomic mass is 16.2. The Balaban J connectivity index is 1.98. The maximum Gasteiger partial charge on any atom is 0.255 e. The van der Waals surface area contributed by atoms with Gasteiger partial charge in [0, 0.05) is 11.9 Å². The molecule has 4 heteroatoms. The number of rotatable bonds is 1. The van der Waals surface area contributed by atoms with Crippen molar-refractivity contribution in [1.82, 2.24) is 10.3 Å². The summed E-state index contributed by atoms with van der Waals surface area (Å²) >= 11 is 0. The molecular weight excluding hydrogens is 202 g/mol. The van der Waals surface area contributed by atoms with Crippen LogP contribution in [0, 0.1) is 0 Å². The Labute approximate surface area is 92.7 Å². The maximum absolute atomic E-state index is 11.8. The number of anilines is 1. The number of aromatic nitrogens is 1. The smallest absolute Gasteiger partial charge is 0.255 e.